The molecule has 0 radical (unpaired) electrons. The summed E-state index contributed by atoms with van der Waals surface area (Å²) in [7, 11) is -3.89. The minimum Gasteiger partial charge on any atom is -0.504 e. The number of aromatic hydroxyl groups is 1. The van der Waals surface area contributed by atoms with Crippen LogP contribution in [-0.2, 0) is 9.84 Å². The van der Waals surface area contributed by atoms with Crippen molar-refractivity contribution >= 4 is 38.8 Å². The van der Waals surface area contributed by atoms with Crippen LogP contribution in [0.15, 0.2) is 71.6 Å². The highest BCUT2D eigenvalue weighted by Crippen LogP contribution is 2.39. The molecule has 33 heavy (non-hydrogen) atoms. The molecule has 1 aliphatic heterocycles. The van der Waals surface area contributed by atoms with Gasteiger partial charge >= 0.3 is 6.03 Å². The number of amides is 2. The molecule has 1 aliphatic rings. The molecular weight excluding hydrogens is 466 g/mol. The molecule has 2 amide bonds. The molecule has 1 heterocycles. The van der Waals surface area contributed by atoms with Gasteiger partial charge in [0.2, 0.25) is 0 Å². The van der Waals surface area contributed by atoms with Crippen LogP contribution in [0.1, 0.15) is 6.42 Å². The Morgan fingerprint density at radius 2 is 1.70 bits per heavy atom. The van der Waals surface area contributed by atoms with E-state index in [4.69, 9.17) is 16.3 Å². The van der Waals surface area contributed by atoms with E-state index in [0.29, 0.717) is 30.2 Å². The summed E-state index contributed by atoms with van der Waals surface area (Å²) in [6.07, 6.45) is 0.411. The van der Waals surface area contributed by atoms with Gasteiger partial charge in [-0.2, -0.15) is 0 Å². The van der Waals surface area contributed by atoms with E-state index in [1.807, 2.05) is 18.2 Å². The Bertz CT molecular complexity index is 1260. The third-order valence-corrected chi connectivity index (χ3v) is 7.87. The quantitative estimate of drug-likeness (QED) is 0.377. The molecule has 10 heteroatoms. The van der Waals surface area contributed by atoms with Crippen molar-refractivity contribution in [3.8, 4) is 17.2 Å². The second-order valence-corrected chi connectivity index (χ2v) is 10.00. The molecule has 4 N–H and O–H groups in total. The number of urea groups is 1. The monoisotopic (exact) mass is 487 g/mol. The summed E-state index contributed by atoms with van der Waals surface area (Å²) in [6, 6.07) is 17.9. The van der Waals surface area contributed by atoms with Crippen molar-refractivity contribution in [1.29, 1.82) is 0 Å². The normalized spacial score (nSPS) is 15.7. The van der Waals surface area contributed by atoms with E-state index >= 15 is 0 Å². The highest BCUT2D eigenvalue weighted by Gasteiger charge is 2.35. The Kier molecular flexibility index (Phi) is 6.73. The van der Waals surface area contributed by atoms with Gasteiger partial charge in [-0.3, -0.25) is 0 Å². The number of carbonyl (C=O) groups excluding carboxylic acids is 1. The molecule has 0 bridgehead atoms. The first-order valence-corrected chi connectivity index (χ1v) is 12.1. The number of nitrogens with one attached hydrogen (secondary N) is 3. The van der Waals surface area contributed by atoms with Crippen molar-refractivity contribution in [1.82, 2.24) is 5.32 Å². The summed E-state index contributed by atoms with van der Waals surface area (Å²) in [5.74, 6) is 0.410. The van der Waals surface area contributed by atoms with Gasteiger partial charge in [0.15, 0.2) is 21.3 Å². The fourth-order valence-electron chi connectivity index (χ4n) is 3.53. The Morgan fingerprint density at radius 3 is 2.42 bits per heavy atom. The van der Waals surface area contributed by atoms with Gasteiger partial charge in [-0.05, 0) is 49.4 Å². The van der Waals surface area contributed by atoms with Crippen LogP contribution in [0.4, 0.5) is 16.2 Å². The lowest BCUT2D eigenvalue weighted by molar-refractivity contribution is 0.262. The van der Waals surface area contributed by atoms with Gasteiger partial charge in [0.1, 0.15) is 10.6 Å². The number of hydrogen-bond acceptors (Lipinski definition) is 6. The van der Waals surface area contributed by atoms with E-state index in [1.165, 1.54) is 12.1 Å². The van der Waals surface area contributed by atoms with Crippen LogP contribution in [0.3, 0.4) is 0 Å². The average molecular weight is 488 g/mol. The fourth-order valence-corrected chi connectivity index (χ4v) is 5.82. The number of benzene rings is 3. The third kappa shape index (κ3) is 5.05. The van der Waals surface area contributed by atoms with Crippen molar-refractivity contribution in [2.24, 2.45) is 0 Å². The van der Waals surface area contributed by atoms with Gasteiger partial charge < -0.3 is 25.8 Å². The zero-order chi connectivity index (χ0) is 23.4. The van der Waals surface area contributed by atoms with Crippen molar-refractivity contribution in [3.05, 3.63) is 71.8 Å². The maximum atomic E-state index is 13.0. The van der Waals surface area contributed by atoms with E-state index in [-0.39, 0.29) is 22.2 Å². The van der Waals surface area contributed by atoms with E-state index in [0.717, 1.165) is 0 Å². The second kappa shape index (κ2) is 9.70. The van der Waals surface area contributed by atoms with Crippen molar-refractivity contribution in [2.75, 3.05) is 23.7 Å². The van der Waals surface area contributed by atoms with Crippen LogP contribution < -0.4 is 20.7 Å². The largest absolute Gasteiger partial charge is 0.504 e. The number of para-hydroxylation sites is 3. The van der Waals surface area contributed by atoms with E-state index in [2.05, 4.69) is 16.0 Å². The predicted molar refractivity (Wildman–Crippen MR) is 127 cm³/mol. The van der Waals surface area contributed by atoms with Gasteiger partial charge in [0.05, 0.1) is 21.6 Å². The number of hydrogen-bond donors (Lipinski definition) is 4. The van der Waals surface area contributed by atoms with Crippen LogP contribution in [0, 0.1) is 0 Å². The number of phenolic OH excluding ortho intramolecular Hbond substituents is 1. The summed E-state index contributed by atoms with van der Waals surface area (Å²) in [5, 5.41) is 18.0. The number of halogens is 1. The molecule has 0 spiro atoms. The summed E-state index contributed by atoms with van der Waals surface area (Å²) in [4.78, 5) is 12.3. The standard InChI is InChI=1S/C23H22ClN3O5S/c24-17-10-11-19(21(28)22(17)33(30,31)16-12-13-25-14-16)27-23(29)26-18-8-4-5-9-20(18)32-15-6-2-1-3-7-15/h1-11,16,25,28H,12-14H2,(H2,26,27,29)/t16-/m1/s1. The van der Waals surface area contributed by atoms with Crippen LogP contribution in [0.2, 0.25) is 5.02 Å². The first-order chi connectivity index (χ1) is 15.9. The van der Waals surface area contributed by atoms with E-state index in [1.54, 1.807) is 36.4 Å². The highest BCUT2D eigenvalue weighted by atomic mass is 35.5. The lowest BCUT2D eigenvalue weighted by atomic mass is 10.2. The average Bonchev–Trinajstić information content (AvgIpc) is 3.34. The minimum atomic E-state index is -3.89. The molecule has 3 aromatic carbocycles. The smallest absolute Gasteiger partial charge is 0.323 e. The lowest BCUT2D eigenvalue weighted by Crippen LogP contribution is -2.25. The summed E-state index contributed by atoms with van der Waals surface area (Å²) in [6.45, 7) is 0.835. The van der Waals surface area contributed by atoms with Gasteiger partial charge in [0.25, 0.3) is 0 Å². The molecule has 3 aromatic rings. The molecule has 172 valence electrons. The third-order valence-electron chi connectivity index (χ3n) is 5.18. The van der Waals surface area contributed by atoms with Crippen LogP contribution >= 0.6 is 11.6 Å². The Hall–Kier alpha value is -3.27. The van der Waals surface area contributed by atoms with E-state index in [9.17, 15) is 18.3 Å². The number of rotatable bonds is 6. The zero-order valence-corrected chi connectivity index (χ0v) is 19.0. The SMILES string of the molecule is O=C(Nc1ccccc1Oc1ccccc1)Nc1ccc(Cl)c(S(=O)(=O)[C@@H]2CCNC2)c1O. The van der Waals surface area contributed by atoms with E-state index < -0.39 is 26.9 Å². The number of anilines is 2. The first-order valence-electron chi connectivity index (χ1n) is 10.2. The predicted octanol–water partition coefficient (Wildman–Crippen LogP) is 4.62. The van der Waals surface area contributed by atoms with Gasteiger partial charge in [-0.15, -0.1) is 0 Å². The van der Waals surface area contributed by atoms with Gasteiger partial charge in [-0.25, -0.2) is 13.2 Å². The maximum absolute atomic E-state index is 13.0. The van der Waals surface area contributed by atoms with Crippen LogP contribution in [0.5, 0.6) is 17.2 Å². The highest BCUT2D eigenvalue weighted by molar-refractivity contribution is 7.92. The molecule has 0 aromatic heterocycles. The Balaban J connectivity index is 1.54. The molecule has 4 rings (SSSR count). The maximum Gasteiger partial charge on any atom is 0.323 e. The number of ether oxygens (including phenoxy) is 1. The topological polar surface area (TPSA) is 117 Å². The molecule has 0 unspecified atom stereocenters. The van der Waals surface area contributed by atoms with Crippen LogP contribution in [0.25, 0.3) is 0 Å². The summed E-state index contributed by atoms with van der Waals surface area (Å²) >= 11 is 6.12. The fraction of sp³-hybridized carbons (Fsp3) is 0.174. The Morgan fingerprint density at radius 1 is 1.00 bits per heavy atom. The molecule has 1 fully saturated rings. The number of phenols is 1. The Labute approximate surface area is 196 Å². The second-order valence-electron chi connectivity index (χ2n) is 7.42. The molecule has 1 atom stereocenters. The van der Waals surface area contributed by atoms with Gasteiger partial charge in [-0.1, -0.05) is 41.9 Å². The zero-order valence-electron chi connectivity index (χ0n) is 17.4. The summed E-state index contributed by atoms with van der Waals surface area (Å²) in [5.41, 5.74) is 0.306. The minimum absolute atomic E-state index is 0.0807. The number of sulfone groups is 1. The number of carbonyl (C=O) groups is 1. The van der Waals surface area contributed by atoms with Crippen molar-refractivity contribution in [2.45, 2.75) is 16.6 Å². The molecule has 1 saturated heterocycles. The van der Waals surface area contributed by atoms with Crippen LogP contribution in [-0.4, -0.2) is 37.9 Å². The molecular formula is C23H22ClN3O5S. The van der Waals surface area contributed by atoms with Gasteiger partial charge in [0, 0.05) is 6.54 Å². The summed E-state index contributed by atoms with van der Waals surface area (Å²) < 4.78 is 31.8. The lowest BCUT2D eigenvalue weighted by Gasteiger charge is -2.17. The first kappa shape index (κ1) is 22.9. The molecule has 0 aliphatic carbocycles. The van der Waals surface area contributed by atoms with Crippen molar-refractivity contribution < 1.29 is 23.1 Å². The molecule has 0 saturated carbocycles. The van der Waals surface area contributed by atoms with Crippen molar-refractivity contribution in [3.63, 3.8) is 0 Å². The molecule has 8 nitrogen and oxygen atoms in total.